The van der Waals surface area contributed by atoms with Gasteiger partial charge in [0.05, 0.1) is 36.7 Å². The highest BCUT2D eigenvalue weighted by atomic mass is 19.1. The van der Waals surface area contributed by atoms with Gasteiger partial charge in [-0.15, -0.1) is 5.10 Å². The van der Waals surface area contributed by atoms with Crippen LogP contribution in [0.25, 0.3) is 11.1 Å². The summed E-state index contributed by atoms with van der Waals surface area (Å²) in [6, 6.07) is 12.1. The Morgan fingerprint density at radius 3 is 2.64 bits per heavy atom. The zero-order chi connectivity index (χ0) is 25.2. The molecule has 2 atom stereocenters. The molecule has 1 N–H and O–H groups in total. The van der Waals surface area contributed by atoms with Crippen LogP contribution in [0.1, 0.15) is 24.6 Å². The summed E-state index contributed by atoms with van der Waals surface area (Å²) >= 11 is 0. The molecule has 36 heavy (non-hydrogen) atoms. The Morgan fingerprint density at radius 1 is 1.17 bits per heavy atom. The Hall–Kier alpha value is -4.28. The molecule has 10 nitrogen and oxygen atoms in total. The van der Waals surface area contributed by atoms with E-state index < -0.39 is 18.0 Å². The Balaban J connectivity index is 1.23. The van der Waals surface area contributed by atoms with Crippen molar-refractivity contribution in [2.24, 2.45) is 5.16 Å². The predicted octanol–water partition coefficient (Wildman–Crippen LogP) is 3.05. The quantitative estimate of drug-likeness (QED) is 0.543. The van der Waals surface area contributed by atoms with Crippen LogP contribution >= 0.6 is 0 Å². The number of rotatable bonds is 7. The SMILES string of the molecule is CC(=O)NC[C@H]1CN(c2ccc(-c3ccc(C4=NOC(Cn5cc(C)nn5)C4)cc3)c(F)c2)C(=O)O1. The minimum absolute atomic E-state index is 0.124. The number of carbonyl (C=O) groups is 2. The zero-order valence-electron chi connectivity index (χ0n) is 19.8. The average Bonchev–Trinajstić information content (AvgIpc) is 3.58. The number of aromatic nitrogens is 3. The van der Waals surface area contributed by atoms with E-state index in [1.165, 1.54) is 17.9 Å². The molecule has 5 rings (SSSR count). The maximum absolute atomic E-state index is 15.0. The molecule has 1 saturated heterocycles. The molecule has 1 unspecified atom stereocenters. The summed E-state index contributed by atoms with van der Waals surface area (Å²) in [6.07, 6.45) is 1.31. The highest BCUT2D eigenvalue weighted by Crippen LogP contribution is 2.30. The van der Waals surface area contributed by atoms with E-state index in [0.29, 0.717) is 29.8 Å². The van der Waals surface area contributed by atoms with Gasteiger partial charge in [-0.05, 0) is 36.2 Å². The topological polar surface area (TPSA) is 111 Å². The fourth-order valence-electron chi connectivity index (χ4n) is 4.23. The number of hydrogen-bond donors (Lipinski definition) is 1. The highest BCUT2D eigenvalue weighted by Gasteiger charge is 2.32. The molecule has 186 valence electrons. The highest BCUT2D eigenvalue weighted by molar-refractivity contribution is 6.01. The van der Waals surface area contributed by atoms with Crippen molar-refractivity contribution in [2.75, 3.05) is 18.0 Å². The second-order valence-corrected chi connectivity index (χ2v) is 8.85. The molecule has 2 aromatic carbocycles. The van der Waals surface area contributed by atoms with Crippen molar-refractivity contribution in [1.29, 1.82) is 0 Å². The van der Waals surface area contributed by atoms with Gasteiger partial charge in [0, 0.05) is 25.1 Å². The van der Waals surface area contributed by atoms with Crippen LogP contribution in [0.3, 0.4) is 0 Å². The van der Waals surface area contributed by atoms with Crippen LogP contribution in [0.5, 0.6) is 0 Å². The minimum Gasteiger partial charge on any atom is -0.442 e. The molecule has 2 aliphatic rings. The molecule has 11 heteroatoms. The van der Waals surface area contributed by atoms with Crippen molar-refractivity contribution < 1.29 is 23.6 Å². The lowest BCUT2D eigenvalue weighted by molar-refractivity contribution is -0.119. The first-order valence-electron chi connectivity index (χ1n) is 11.6. The molecule has 1 aromatic heterocycles. The standard InChI is InChI=1S/C25H25FN6O4/c1-15-12-31(30-28-15)13-20-10-24(29-36-20)18-5-3-17(4-6-18)22-8-7-19(9-23(22)26)32-14-21(35-25(32)34)11-27-16(2)33/h3-9,12,20-21H,10-11,13-14H2,1-2H3,(H,27,33)/t20?,21-/m0/s1. The van der Waals surface area contributed by atoms with Crippen molar-refractivity contribution in [1.82, 2.24) is 20.3 Å². The zero-order valence-corrected chi connectivity index (χ0v) is 19.8. The molecule has 3 heterocycles. The lowest BCUT2D eigenvalue weighted by Crippen LogP contribution is -2.33. The summed E-state index contributed by atoms with van der Waals surface area (Å²) in [5, 5.41) is 14.9. The van der Waals surface area contributed by atoms with Crippen molar-refractivity contribution in [2.45, 2.75) is 39.0 Å². The van der Waals surface area contributed by atoms with Crippen molar-refractivity contribution in [3.05, 3.63) is 65.7 Å². The van der Waals surface area contributed by atoms with Gasteiger partial charge in [-0.3, -0.25) is 9.69 Å². The first kappa shape index (κ1) is 23.5. The fourth-order valence-corrected chi connectivity index (χ4v) is 4.23. The van der Waals surface area contributed by atoms with Crippen molar-refractivity contribution >= 4 is 23.4 Å². The van der Waals surface area contributed by atoms with Crippen LogP contribution in [-0.4, -0.2) is 58.0 Å². The lowest BCUT2D eigenvalue weighted by Gasteiger charge is -2.14. The van der Waals surface area contributed by atoms with E-state index in [-0.39, 0.29) is 25.1 Å². The second-order valence-electron chi connectivity index (χ2n) is 8.85. The molecule has 0 spiro atoms. The van der Waals surface area contributed by atoms with Gasteiger partial charge < -0.3 is 14.9 Å². The van der Waals surface area contributed by atoms with E-state index in [2.05, 4.69) is 20.8 Å². The number of hydrogen-bond acceptors (Lipinski definition) is 7. The Bertz CT molecular complexity index is 1320. The second kappa shape index (κ2) is 9.76. The van der Waals surface area contributed by atoms with Gasteiger partial charge in [-0.25, -0.2) is 13.9 Å². The van der Waals surface area contributed by atoms with Crippen molar-refractivity contribution in [3.8, 4) is 11.1 Å². The lowest BCUT2D eigenvalue weighted by atomic mass is 9.99. The number of amides is 2. The molecule has 3 aromatic rings. The molecule has 1 fully saturated rings. The van der Waals surface area contributed by atoms with Gasteiger partial charge in [0.15, 0.2) is 6.10 Å². The summed E-state index contributed by atoms with van der Waals surface area (Å²) in [4.78, 5) is 30.2. The van der Waals surface area contributed by atoms with E-state index in [9.17, 15) is 9.59 Å². The van der Waals surface area contributed by atoms with Gasteiger partial charge in [0.1, 0.15) is 11.9 Å². The van der Waals surface area contributed by atoms with Crippen LogP contribution < -0.4 is 10.2 Å². The molecule has 2 amide bonds. The van der Waals surface area contributed by atoms with Gasteiger partial charge >= 0.3 is 6.09 Å². The third kappa shape index (κ3) is 5.04. The van der Waals surface area contributed by atoms with Crippen LogP contribution in [-0.2, 0) is 20.9 Å². The molecule has 0 aliphatic carbocycles. The van der Waals surface area contributed by atoms with Gasteiger partial charge in [-0.2, -0.15) is 0 Å². The maximum Gasteiger partial charge on any atom is 0.414 e. The smallest absolute Gasteiger partial charge is 0.414 e. The first-order valence-corrected chi connectivity index (χ1v) is 11.6. The van der Waals surface area contributed by atoms with E-state index in [0.717, 1.165) is 17.0 Å². The number of nitrogens with one attached hydrogen (secondary N) is 1. The number of aryl methyl sites for hydroxylation is 1. The van der Waals surface area contributed by atoms with E-state index in [4.69, 9.17) is 9.57 Å². The number of ether oxygens (including phenoxy) is 1. The van der Waals surface area contributed by atoms with E-state index in [1.54, 1.807) is 16.8 Å². The molecule has 0 saturated carbocycles. The predicted molar refractivity (Wildman–Crippen MR) is 129 cm³/mol. The van der Waals surface area contributed by atoms with Gasteiger partial charge in [-0.1, -0.05) is 34.6 Å². The monoisotopic (exact) mass is 492 g/mol. The van der Waals surface area contributed by atoms with Gasteiger partial charge in [0.25, 0.3) is 0 Å². The summed E-state index contributed by atoms with van der Waals surface area (Å²) in [5.41, 5.74) is 4.07. The minimum atomic E-state index is -0.571. The Labute approximate surface area is 206 Å². The largest absolute Gasteiger partial charge is 0.442 e. The number of nitrogens with zero attached hydrogens (tertiary/aromatic N) is 5. The van der Waals surface area contributed by atoms with Crippen LogP contribution in [0, 0.1) is 12.7 Å². The molecule has 0 radical (unpaired) electrons. The molecular weight excluding hydrogens is 467 g/mol. The van der Waals surface area contributed by atoms with Crippen LogP contribution in [0.15, 0.2) is 53.8 Å². The Kier molecular flexibility index (Phi) is 6.36. The van der Waals surface area contributed by atoms with E-state index >= 15 is 4.39 Å². The third-order valence-electron chi connectivity index (χ3n) is 6.02. The maximum atomic E-state index is 15.0. The average molecular weight is 493 g/mol. The first-order chi connectivity index (χ1) is 17.4. The normalized spacial score (nSPS) is 19.1. The number of carbonyl (C=O) groups excluding carboxylic acids is 2. The summed E-state index contributed by atoms with van der Waals surface area (Å²) < 4.78 is 22.0. The molecule has 0 bridgehead atoms. The number of anilines is 1. The number of halogens is 1. The number of cyclic esters (lactones) is 1. The van der Waals surface area contributed by atoms with Crippen LogP contribution in [0.4, 0.5) is 14.9 Å². The number of oxime groups is 1. The molecular formula is C25H25FN6O4. The Morgan fingerprint density at radius 2 is 1.94 bits per heavy atom. The summed E-state index contributed by atoms with van der Waals surface area (Å²) in [7, 11) is 0. The third-order valence-corrected chi connectivity index (χ3v) is 6.02. The van der Waals surface area contributed by atoms with E-state index in [1.807, 2.05) is 37.4 Å². The summed E-state index contributed by atoms with van der Waals surface area (Å²) in [6.45, 7) is 4.27. The fraction of sp³-hybridized carbons (Fsp3) is 0.320. The summed E-state index contributed by atoms with van der Waals surface area (Å²) in [5.74, 6) is -0.664. The number of benzene rings is 2. The van der Waals surface area contributed by atoms with Gasteiger partial charge in [0.2, 0.25) is 5.91 Å². The van der Waals surface area contributed by atoms with Crippen molar-refractivity contribution in [3.63, 3.8) is 0 Å². The molecule has 2 aliphatic heterocycles. The van der Waals surface area contributed by atoms with Crippen LogP contribution in [0.2, 0.25) is 0 Å².